The minimum Gasteiger partial charge on any atom is -0.483 e. The maximum atomic E-state index is 12.9. The van der Waals surface area contributed by atoms with Crippen LogP contribution in [0.4, 0.5) is 0 Å². The SMILES string of the molecule is CC1(C)Cc2cc(OC(=O)c3ccccc3)c3c(c2C(c2ccccc2)=N1)CC(C)(C)O3.Cl. The van der Waals surface area contributed by atoms with E-state index in [2.05, 4.69) is 39.8 Å². The number of hydrogen-bond acceptors (Lipinski definition) is 4. The number of carbonyl (C=O) groups excluding carboxylic acids is 1. The van der Waals surface area contributed by atoms with Crippen LogP contribution < -0.4 is 9.47 Å². The highest BCUT2D eigenvalue weighted by molar-refractivity contribution is 6.16. The van der Waals surface area contributed by atoms with Gasteiger partial charge in [-0.05, 0) is 57.9 Å². The number of esters is 1. The summed E-state index contributed by atoms with van der Waals surface area (Å²) in [7, 11) is 0. The Kier molecular flexibility index (Phi) is 5.83. The summed E-state index contributed by atoms with van der Waals surface area (Å²) in [6.45, 7) is 8.41. The number of halogens is 1. The minimum atomic E-state index is -0.389. The summed E-state index contributed by atoms with van der Waals surface area (Å²) in [6.07, 6.45) is 1.50. The summed E-state index contributed by atoms with van der Waals surface area (Å²) < 4.78 is 12.2. The molecule has 170 valence electrons. The quantitative estimate of drug-likeness (QED) is 0.344. The number of hydrogen-bond donors (Lipinski definition) is 0. The van der Waals surface area contributed by atoms with Crippen molar-refractivity contribution in [2.45, 2.75) is 51.7 Å². The fourth-order valence-electron chi connectivity index (χ4n) is 4.68. The van der Waals surface area contributed by atoms with Gasteiger partial charge in [-0.25, -0.2) is 4.79 Å². The summed E-state index contributed by atoms with van der Waals surface area (Å²) in [4.78, 5) is 18.0. The van der Waals surface area contributed by atoms with E-state index in [9.17, 15) is 4.79 Å². The predicted molar refractivity (Wildman–Crippen MR) is 133 cm³/mol. The molecule has 0 saturated heterocycles. The third-order valence-corrected chi connectivity index (χ3v) is 5.94. The van der Waals surface area contributed by atoms with Gasteiger partial charge in [-0.1, -0.05) is 48.5 Å². The van der Waals surface area contributed by atoms with E-state index in [-0.39, 0.29) is 29.5 Å². The molecule has 0 saturated carbocycles. The molecule has 0 aliphatic carbocycles. The summed E-state index contributed by atoms with van der Waals surface area (Å²) in [5.41, 5.74) is 5.26. The van der Waals surface area contributed by atoms with Crippen LogP contribution in [0.15, 0.2) is 71.7 Å². The van der Waals surface area contributed by atoms with Crippen LogP contribution >= 0.6 is 12.4 Å². The normalized spacial score (nSPS) is 17.0. The molecule has 0 N–H and O–H groups in total. The van der Waals surface area contributed by atoms with Crippen molar-refractivity contribution in [1.29, 1.82) is 0 Å². The molecule has 5 rings (SSSR count). The second-order valence-corrected chi connectivity index (χ2v) is 9.83. The van der Waals surface area contributed by atoms with Crippen molar-refractivity contribution >= 4 is 24.1 Å². The number of benzene rings is 3. The van der Waals surface area contributed by atoms with E-state index in [4.69, 9.17) is 14.5 Å². The van der Waals surface area contributed by atoms with Crippen LogP contribution in [0, 0.1) is 0 Å². The predicted octanol–water partition coefficient (Wildman–Crippen LogP) is 6.21. The van der Waals surface area contributed by atoms with E-state index >= 15 is 0 Å². The van der Waals surface area contributed by atoms with Gasteiger partial charge >= 0.3 is 5.97 Å². The Bertz CT molecular complexity index is 1230. The average Bonchev–Trinajstić information content (AvgIpc) is 3.09. The molecular formula is C28H28ClNO3. The topological polar surface area (TPSA) is 47.9 Å². The number of nitrogens with zero attached hydrogens (tertiary/aromatic N) is 1. The maximum Gasteiger partial charge on any atom is 0.343 e. The number of fused-ring (bicyclic) bond motifs is 3. The number of carbonyl (C=O) groups is 1. The summed E-state index contributed by atoms with van der Waals surface area (Å²) in [5.74, 6) is 0.762. The van der Waals surface area contributed by atoms with Crippen LogP contribution in [0.2, 0.25) is 0 Å². The molecule has 2 aliphatic heterocycles. The van der Waals surface area contributed by atoms with Gasteiger partial charge in [-0.2, -0.15) is 0 Å². The lowest BCUT2D eigenvalue weighted by Gasteiger charge is -2.31. The lowest BCUT2D eigenvalue weighted by atomic mass is 9.81. The van der Waals surface area contributed by atoms with E-state index in [0.717, 1.165) is 40.8 Å². The average molecular weight is 462 g/mol. The van der Waals surface area contributed by atoms with Crippen molar-refractivity contribution in [2.75, 3.05) is 0 Å². The lowest BCUT2D eigenvalue weighted by molar-refractivity contribution is 0.0715. The van der Waals surface area contributed by atoms with Crippen molar-refractivity contribution in [2.24, 2.45) is 4.99 Å². The lowest BCUT2D eigenvalue weighted by Crippen LogP contribution is -2.30. The van der Waals surface area contributed by atoms with Crippen molar-refractivity contribution in [3.63, 3.8) is 0 Å². The first-order valence-electron chi connectivity index (χ1n) is 11.0. The molecule has 0 atom stereocenters. The Hall–Kier alpha value is -3.11. The first kappa shape index (κ1) is 23.1. The number of aliphatic imine (C=N–C) groups is 1. The fourth-order valence-corrected chi connectivity index (χ4v) is 4.68. The van der Waals surface area contributed by atoms with Crippen molar-refractivity contribution in [3.05, 3.63) is 94.5 Å². The summed E-state index contributed by atoms with van der Waals surface area (Å²) in [5, 5.41) is 0. The van der Waals surface area contributed by atoms with Crippen LogP contribution in [-0.2, 0) is 12.8 Å². The summed E-state index contributed by atoms with van der Waals surface area (Å²) in [6, 6.07) is 21.3. The molecule has 0 radical (unpaired) electrons. The standard InChI is InChI=1S/C28H27NO3.ClH/c1-27(2)16-20-15-22(31-26(30)19-13-9-6-10-14-19)25-21(17-28(3,4)32-25)23(20)24(29-27)18-11-7-5-8-12-18;/h5-15H,16-17H2,1-4H3;1H. The zero-order valence-electron chi connectivity index (χ0n) is 19.3. The van der Waals surface area contributed by atoms with Crippen LogP contribution in [-0.4, -0.2) is 22.8 Å². The highest BCUT2D eigenvalue weighted by Gasteiger charge is 2.40. The van der Waals surface area contributed by atoms with Gasteiger partial charge in [0.05, 0.1) is 16.8 Å². The molecule has 2 heterocycles. The molecule has 0 bridgehead atoms. The third kappa shape index (κ3) is 4.40. The molecule has 3 aromatic rings. The number of rotatable bonds is 3. The molecule has 0 aromatic heterocycles. The molecule has 0 fully saturated rings. The van der Waals surface area contributed by atoms with Crippen LogP contribution in [0.1, 0.15) is 60.3 Å². The number of ether oxygens (including phenoxy) is 2. The second kappa shape index (κ2) is 8.35. The van der Waals surface area contributed by atoms with Gasteiger partial charge in [0.15, 0.2) is 11.5 Å². The molecule has 3 aromatic carbocycles. The Morgan fingerprint density at radius 2 is 1.58 bits per heavy atom. The monoisotopic (exact) mass is 461 g/mol. The Labute approximate surface area is 201 Å². The largest absolute Gasteiger partial charge is 0.483 e. The van der Waals surface area contributed by atoms with Crippen molar-refractivity contribution in [3.8, 4) is 11.5 Å². The van der Waals surface area contributed by atoms with Crippen LogP contribution in [0.25, 0.3) is 0 Å². The van der Waals surface area contributed by atoms with E-state index in [0.29, 0.717) is 17.1 Å². The third-order valence-electron chi connectivity index (χ3n) is 5.94. The second-order valence-electron chi connectivity index (χ2n) is 9.83. The summed E-state index contributed by atoms with van der Waals surface area (Å²) >= 11 is 0. The molecule has 2 aliphatic rings. The van der Waals surface area contributed by atoms with Gasteiger partial charge in [0, 0.05) is 23.1 Å². The van der Waals surface area contributed by atoms with Gasteiger partial charge < -0.3 is 9.47 Å². The smallest absolute Gasteiger partial charge is 0.343 e. The molecule has 4 nitrogen and oxygen atoms in total. The first-order chi connectivity index (χ1) is 15.2. The molecule has 0 spiro atoms. The van der Waals surface area contributed by atoms with Gasteiger partial charge in [0.2, 0.25) is 0 Å². The van der Waals surface area contributed by atoms with Crippen LogP contribution in [0.3, 0.4) is 0 Å². The van der Waals surface area contributed by atoms with E-state index in [1.807, 2.05) is 42.5 Å². The highest BCUT2D eigenvalue weighted by Crippen LogP contribution is 2.48. The van der Waals surface area contributed by atoms with Crippen LogP contribution in [0.5, 0.6) is 11.5 Å². The van der Waals surface area contributed by atoms with Gasteiger partial charge in [0.1, 0.15) is 5.60 Å². The Balaban J connectivity index is 0.00000259. The van der Waals surface area contributed by atoms with E-state index in [1.165, 1.54) is 0 Å². The van der Waals surface area contributed by atoms with E-state index in [1.54, 1.807) is 12.1 Å². The maximum absolute atomic E-state index is 12.9. The van der Waals surface area contributed by atoms with Crippen molar-refractivity contribution in [1.82, 2.24) is 0 Å². The van der Waals surface area contributed by atoms with E-state index < -0.39 is 0 Å². The Morgan fingerprint density at radius 3 is 2.24 bits per heavy atom. The zero-order valence-corrected chi connectivity index (χ0v) is 20.2. The zero-order chi connectivity index (χ0) is 22.5. The van der Waals surface area contributed by atoms with Crippen molar-refractivity contribution < 1.29 is 14.3 Å². The van der Waals surface area contributed by atoms with Gasteiger partial charge in [-0.3, -0.25) is 4.99 Å². The molecule has 0 amide bonds. The minimum absolute atomic E-state index is 0. The molecular weight excluding hydrogens is 434 g/mol. The molecule has 0 unspecified atom stereocenters. The van der Waals surface area contributed by atoms with Gasteiger partial charge in [0.25, 0.3) is 0 Å². The fraction of sp³-hybridized carbons (Fsp3) is 0.286. The van der Waals surface area contributed by atoms with Gasteiger partial charge in [-0.15, -0.1) is 12.4 Å². The molecule has 5 heteroatoms. The Morgan fingerprint density at radius 1 is 0.939 bits per heavy atom. The highest BCUT2D eigenvalue weighted by atomic mass is 35.5. The molecule has 33 heavy (non-hydrogen) atoms. The first-order valence-corrected chi connectivity index (χ1v) is 11.0.